The largest absolute Gasteiger partial charge is 0.484 e. The van der Waals surface area contributed by atoms with Gasteiger partial charge in [-0.2, -0.15) is 5.10 Å². The molecule has 1 N–H and O–H groups in total. The van der Waals surface area contributed by atoms with Gasteiger partial charge in [0.1, 0.15) is 5.75 Å². The van der Waals surface area contributed by atoms with Crippen molar-refractivity contribution in [3.05, 3.63) is 71.8 Å². The van der Waals surface area contributed by atoms with E-state index in [1.54, 1.807) is 0 Å². The minimum atomic E-state index is -0.287. The summed E-state index contributed by atoms with van der Waals surface area (Å²) in [5, 5.41) is 4.04. The smallest absolute Gasteiger partial charge is 0.277 e. The average molecular weight is 336 g/mol. The second-order valence-electron chi connectivity index (χ2n) is 5.71. The van der Waals surface area contributed by atoms with E-state index in [1.165, 1.54) is 5.56 Å². The van der Waals surface area contributed by atoms with Crippen LogP contribution >= 0.6 is 0 Å². The molecule has 0 unspecified atom stereocenters. The van der Waals surface area contributed by atoms with Gasteiger partial charge in [0.25, 0.3) is 5.91 Å². The number of carbonyl (C=O) groups excluding carboxylic acids is 1. The third-order valence-corrected chi connectivity index (χ3v) is 3.51. The Labute approximate surface area is 149 Å². The van der Waals surface area contributed by atoms with Crippen LogP contribution in [0, 0.1) is 0 Å². The van der Waals surface area contributed by atoms with E-state index in [9.17, 15) is 4.79 Å². The molecular formula is C21H24N2O2. The van der Waals surface area contributed by atoms with Crippen LogP contribution in [0.1, 0.15) is 31.4 Å². The molecular weight excluding hydrogens is 312 g/mol. The molecule has 0 fully saturated rings. The fourth-order valence-electron chi connectivity index (χ4n) is 2.19. The monoisotopic (exact) mass is 336 g/mol. The number of nitrogens with one attached hydrogen (secondary N) is 1. The van der Waals surface area contributed by atoms with Crippen LogP contribution in [0.2, 0.25) is 0 Å². The van der Waals surface area contributed by atoms with E-state index in [0.29, 0.717) is 11.5 Å². The molecule has 2 aromatic carbocycles. The fourth-order valence-corrected chi connectivity index (χ4v) is 2.19. The molecule has 0 radical (unpaired) electrons. The lowest BCUT2D eigenvalue weighted by Gasteiger charge is -2.06. The minimum absolute atomic E-state index is 0.0632. The highest BCUT2D eigenvalue weighted by Gasteiger charge is 2.02. The summed E-state index contributed by atoms with van der Waals surface area (Å²) in [7, 11) is 0. The van der Waals surface area contributed by atoms with Gasteiger partial charge in [-0.25, -0.2) is 5.43 Å². The molecule has 2 rings (SSSR count). The Morgan fingerprint density at radius 1 is 1.12 bits per heavy atom. The van der Waals surface area contributed by atoms with Crippen molar-refractivity contribution in [2.75, 3.05) is 6.61 Å². The minimum Gasteiger partial charge on any atom is -0.484 e. The zero-order chi connectivity index (χ0) is 17.9. The van der Waals surface area contributed by atoms with E-state index < -0.39 is 0 Å². The topological polar surface area (TPSA) is 50.7 Å². The van der Waals surface area contributed by atoms with Gasteiger partial charge in [0.15, 0.2) is 6.61 Å². The molecule has 0 spiro atoms. The van der Waals surface area contributed by atoms with Gasteiger partial charge in [0.05, 0.1) is 5.71 Å². The highest BCUT2D eigenvalue weighted by atomic mass is 16.5. The Hall–Kier alpha value is -2.88. The first-order valence-electron chi connectivity index (χ1n) is 8.45. The van der Waals surface area contributed by atoms with E-state index >= 15 is 0 Å². The summed E-state index contributed by atoms with van der Waals surface area (Å²) in [4.78, 5) is 11.8. The summed E-state index contributed by atoms with van der Waals surface area (Å²) in [6, 6.07) is 17.7. The number of amides is 1. The molecule has 1 amide bonds. The number of benzene rings is 2. The molecule has 0 bridgehead atoms. The molecule has 0 aliphatic rings. The van der Waals surface area contributed by atoms with Gasteiger partial charge in [0.2, 0.25) is 0 Å². The second kappa shape index (κ2) is 10.1. The predicted molar refractivity (Wildman–Crippen MR) is 103 cm³/mol. The molecule has 4 heteroatoms. The zero-order valence-corrected chi connectivity index (χ0v) is 14.7. The summed E-state index contributed by atoms with van der Waals surface area (Å²) >= 11 is 0. The molecule has 0 atom stereocenters. The Balaban J connectivity index is 1.76. The number of nitrogens with zero attached hydrogens (tertiary/aromatic N) is 1. The van der Waals surface area contributed by atoms with Crippen molar-refractivity contribution in [3.8, 4) is 5.75 Å². The maximum absolute atomic E-state index is 11.8. The van der Waals surface area contributed by atoms with Crippen molar-refractivity contribution in [3.63, 3.8) is 0 Å². The molecule has 0 aliphatic heterocycles. The number of aryl methyl sites for hydroxylation is 1. The average Bonchev–Trinajstić information content (AvgIpc) is 2.65. The van der Waals surface area contributed by atoms with Crippen LogP contribution in [0.25, 0.3) is 6.08 Å². The standard InChI is InChI=1S/C21H24N2O2/c1-3-7-18-12-14-20(15-13-18)25-16-21(24)23-22-17(2)10-11-19-8-5-4-6-9-19/h4-6,8-15H,3,7,16H2,1-2H3,(H,23,24)/b11-10+,22-17-. The summed E-state index contributed by atoms with van der Waals surface area (Å²) in [6.45, 7) is 3.91. The number of hydrazone groups is 1. The first-order chi connectivity index (χ1) is 12.2. The van der Waals surface area contributed by atoms with E-state index in [1.807, 2.05) is 73.7 Å². The third-order valence-electron chi connectivity index (χ3n) is 3.51. The summed E-state index contributed by atoms with van der Waals surface area (Å²) in [5.41, 5.74) is 5.55. The second-order valence-corrected chi connectivity index (χ2v) is 5.71. The molecule has 130 valence electrons. The third kappa shape index (κ3) is 7.04. The SMILES string of the molecule is CCCc1ccc(OCC(=O)N/N=C(C)\C=C\c2ccccc2)cc1. The summed E-state index contributed by atoms with van der Waals surface area (Å²) < 4.78 is 5.46. The van der Waals surface area contributed by atoms with Gasteiger partial charge in [-0.05, 0) is 42.7 Å². The van der Waals surface area contributed by atoms with Crippen molar-refractivity contribution in [2.24, 2.45) is 5.10 Å². The highest BCUT2D eigenvalue weighted by Crippen LogP contribution is 2.13. The van der Waals surface area contributed by atoms with Crippen molar-refractivity contribution in [1.29, 1.82) is 0 Å². The Morgan fingerprint density at radius 2 is 1.84 bits per heavy atom. The molecule has 4 nitrogen and oxygen atoms in total. The van der Waals surface area contributed by atoms with Crippen LogP contribution < -0.4 is 10.2 Å². The van der Waals surface area contributed by atoms with Gasteiger partial charge in [-0.15, -0.1) is 0 Å². The van der Waals surface area contributed by atoms with Gasteiger partial charge in [-0.1, -0.05) is 61.9 Å². The normalized spacial score (nSPS) is 11.5. The van der Waals surface area contributed by atoms with Crippen LogP contribution in [0.4, 0.5) is 0 Å². The number of allylic oxidation sites excluding steroid dienone is 1. The first-order valence-corrected chi connectivity index (χ1v) is 8.45. The zero-order valence-electron chi connectivity index (χ0n) is 14.7. The van der Waals surface area contributed by atoms with Crippen LogP contribution in [-0.2, 0) is 11.2 Å². The number of ether oxygens (including phenoxy) is 1. The van der Waals surface area contributed by atoms with E-state index in [-0.39, 0.29) is 12.5 Å². The van der Waals surface area contributed by atoms with Crippen LogP contribution in [0.15, 0.2) is 65.8 Å². The first kappa shape index (κ1) is 18.5. The Bertz CT molecular complexity index is 719. The lowest BCUT2D eigenvalue weighted by atomic mass is 10.1. The van der Waals surface area contributed by atoms with E-state index in [4.69, 9.17) is 4.74 Å². The number of hydrogen-bond donors (Lipinski definition) is 1. The molecule has 0 saturated heterocycles. The molecule has 0 aliphatic carbocycles. The molecule has 0 aromatic heterocycles. The quantitative estimate of drug-likeness (QED) is 0.579. The molecule has 2 aromatic rings. The summed E-state index contributed by atoms with van der Waals surface area (Å²) in [6.07, 6.45) is 5.95. The number of carbonyl (C=O) groups is 1. The van der Waals surface area contributed by atoms with E-state index in [2.05, 4.69) is 17.5 Å². The lowest BCUT2D eigenvalue weighted by molar-refractivity contribution is -0.123. The number of rotatable bonds is 8. The maximum atomic E-state index is 11.8. The number of hydrogen-bond acceptors (Lipinski definition) is 3. The van der Waals surface area contributed by atoms with Crippen molar-refractivity contribution >= 4 is 17.7 Å². The van der Waals surface area contributed by atoms with Crippen LogP contribution in [-0.4, -0.2) is 18.2 Å². The van der Waals surface area contributed by atoms with Crippen molar-refractivity contribution in [1.82, 2.24) is 5.43 Å². The van der Waals surface area contributed by atoms with Crippen LogP contribution in [0.3, 0.4) is 0 Å². The van der Waals surface area contributed by atoms with E-state index in [0.717, 1.165) is 18.4 Å². The van der Waals surface area contributed by atoms with Crippen molar-refractivity contribution in [2.45, 2.75) is 26.7 Å². The van der Waals surface area contributed by atoms with Gasteiger partial charge in [0, 0.05) is 0 Å². The van der Waals surface area contributed by atoms with Gasteiger partial charge in [-0.3, -0.25) is 4.79 Å². The van der Waals surface area contributed by atoms with Crippen LogP contribution in [0.5, 0.6) is 5.75 Å². The highest BCUT2D eigenvalue weighted by molar-refractivity contribution is 5.97. The molecule has 25 heavy (non-hydrogen) atoms. The lowest BCUT2D eigenvalue weighted by Crippen LogP contribution is -2.25. The van der Waals surface area contributed by atoms with Crippen molar-refractivity contribution < 1.29 is 9.53 Å². The Morgan fingerprint density at radius 3 is 2.52 bits per heavy atom. The predicted octanol–water partition coefficient (Wildman–Crippen LogP) is 4.22. The fraction of sp³-hybridized carbons (Fsp3) is 0.238. The Kier molecular flexibility index (Phi) is 7.44. The summed E-state index contributed by atoms with van der Waals surface area (Å²) in [5.74, 6) is 0.393. The molecule has 0 heterocycles. The van der Waals surface area contributed by atoms with Gasteiger partial charge < -0.3 is 4.74 Å². The van der Waals surface area contributed by atoms with Gasteiger partial charge >= 0.3 is 0 Å². The molecule has 0 saturated carbocycles. The maximum Gasteiger partial charge on any atom is 0.277 e.